The Kier molecular flexibility index (Phi) is 4.45. The third-order valence-electron chi connectivity index (χ3n) is 5.89. The molecule has 2 aromatic heterocycles. The van der Waals surface area contributed by atoms with Gasteiger partial charge in [-0.1, -0.05) is 12.1 Å². The number of rotatable bonds is 4. The molecule has 0 aromatic carbocycles. The fourth-order valence-corrected chi connectivity index (χ4v) is 4.63. The van der Waals surface area contributed by atoms with E-state index in [4.69, 9.17) is 0 Å². The van der Waals surface area contributed by atoms with Gasteiger partial charge in [-0.25, -0.2) is 4.98 Å². The van der Waals surface area contributed by atoms with Crippen molar-refractivity contribution < 1.29 is 4.79 Å². The molecule has 2 saturated heterocycles. The summed E-state index contributed by atoms with van der Waals surface area (Å²) >= 11 is 0. The molecule has 2 aliphatic heterocycles. The molecule has 4 heterocycles. The molecule has 2 fully saturated rings. The summed E-state index contributed by atoms with van der Waals surface area (Å²) in [4.78, 5) is 25.8. The maximum atomic E-state index is 12.8. The van der Waals surface area contributed by atoms with E-state index >= 15 is 0 Å². The highest BCUT2D eigenvalue weighted by molar-refractivity contribution is 5.82. The molecule has 1 amide bonds. The molecule has 0 N–H and O–H groups in total. The summed E-state index contributed by atoms with van der Waals surface area (Å²) < 4.78 is 0. The minimum absolute atomic E-state index is 0.141. The number of nitrogens with zero attached hydrogens (tertiary/aromatic N) is 4. The first-order valence-electron chi connectivity index (χ1n) is 9.22. The van der Waals surface area contributed by atoms with Gasteiger partial charge in [0.1, 0.15) is 5.82 Å². The molecule has 1 atom stereocenters. The van der Waals surface area contributed by atoms with Crippen LogP contribution in [0.1, 0.15) is 30.7 Å². The Labute approximate surface area is 154 Å². The van der Waals surface area contributed by atoms with Crippen LogP contribution in [0.5, 0.6) is 0 Å². The molecule has 2 aromatic rings. The van der Waals surface area contributed by atoms with Gasteiger partial charge in [-0.15, -0.1) is 6.58 Å². The van der Waals surface area contributed by atoms with Crippen LogP contribution >= 0.6 is 0 Å². The van der Waals surface area contributed by atoms with Gasteiger partial charge in [0.15, 0.2) is 0 Å². The molecule has 5 nitrogen and oxygen atoms in total. The summed E-state index contributed by atoms with van der Waals surface area (Å²) in [7, 11) is 0. The molecule has 0 unspecified atom stereocenters. The van der Waals surface area contributed by atoms with Crippen LogP contribution in [0, 0.1) is 0 Å². The average Bonchev–Trinajstić information content (AvgIpc) is 2.96. The van der Waals surface area contributed by atoms with Crippen molar-refractivity contribution in [3.63, 3.8) is 0 Å². The Hall–Kier alpha value is -2.69. The predicted molar refractivity (Wildman–Crippen MR) is 102 cm³/mol. The Morgan fingerprint density at radius 2 is 1.92 bits per heavy atom. The lowest BCUT2D eigenvalue weighted by atomic mass is 9.73. The highest BCUT2D eigenvalue weighted by Gasteiger charge is 2.53. The molecule has 2 aliphatic rings. The minimum atomic E-state index is -0.141. The zero-order valence-electron chi connectivity index (χ0n) is 14.9. The Morgan fingerprint density at radius 1 is 1.15 bits per heavy atom. The van der Waals surface area contributed by atoms with E-state index in [2.05, 4.69) is 44.5 Å². The Morgan fingerprint density at radius 3 is 2.58 bits per heavy atom. The third-order valence-corrected chi connectivity index (χ3v) is 5.89. The van der Waals surface area contributed by atoms with Crippen LogP contribution in [-0.2, 0) is 4.79 Å². The van der Waals surface area contributed by atoms with Gasteiger partial charge in [-0.2, -0.15) is 0 Å². The van der Waals surface area contributed by atoms with Crippen molar-refractivity contribution in [3.8, 4) is 0 Å². The van der Waals surface area contributed by atoms with Crippen LogP contribution in [0.4, 0.5) is 5.82 Å². The molecular weight excluding hydrogens is 324 g/mol. The molecule has 0 aliphatic carbocycles. The van der Waals surface area contributed by atoms with E-state index < -0.39 is 0 Å². The number of hydrogen-bond acceptors (Lipinski definition) is 4. The number of likely N-dealkylation sites (tertiary alicyclic amines) is 1. The third kappa shape index (κ3) is 2.77. The van der Waals surface area contributed by atoms with Crippen molar-refractivity contribution >= 4 is 11.7 Å². The first kappa shape index (κ1) is 16.8. The van der Waals surface area contributed by atoms with Crippen LogP contribution in [0.2, 0.25) is 0 Å². The zero-order valence-corrected chi connectivity index (χ0v) is 14.9. The molecule has 1 spiro atoms. The Balaban J connectivity index is 1.64. The standard InChI is InChI=1S/C21H24N4O/c1-2-13-25-20(26)16-18(17-6-11-22-12-7-17)21(25)8-14-24(15-9-21)19-5-3-4-10-23-19/h2-7,10-12,18H,1,8-9,13-16H2/t18-/m0/s1. The fraction of sp³-hybridized carbons (Fsp3) is 0.381. The van der Waals surface area contributed by atoms with E-state index in [0.29, 0.717) is 13.0 Å². The van der Waals surface area contributed by atoms with E-state index in [1.165, 1.54) is 5.56 Å². The monoisotopic (exact) mass is 348 g/mol. The molecule has 26 heavy (non-hydrogen) atoms. The van der Waals surface area contributed by atoms with Crippen molar-refractivity contribution in [3.05, 3.63) is 67.1 Å². The number of aromatic nitrogens is 2. The smallest absolute Gasteiger partial charge is 0.224 e. The van der Waals surface area contributed by atoms with E-state index in [9.17, 15) is 4.79 Å². The van der Waals surface area contributed by atoms with E-state index in [-0.39, 0.29) is 17.4 Å². The molecule has 134 valence electrons. The highest BCUT2D eigenvalue weighted by Crippen LogP contribution is 2.49. The van der Waals surface area contributed by atoms with Crippen molar-refractivity contribution in [2.24, 2.45) is 0 Å². The molecular formula is C21H24N4O. The van der Waals surface area contributed by atoms with Gasteiger partial charge in [-0.3, -0.25) is 9.78 Å². The number of carbonyl (C=O) groups is 1. The maximum Gasteiger partial charge on any atom is 0.224 e. The zero-order chi connectivity index (χ0) is 18.0. The molecule has 0 bridgehead atoms. The quantitative estimate of drug-likeness (QED) is 0.797. The summed E-state index contributed by atoms with van der Waals surface area (Å²) in [5.41, 5.74) is 1.07. The van der Waals surface area contributed by atoms with E-state index in [1.807, 2.05) is 36.8 Å². The fourth-order valence-electron chi connectivity index (χ4n) is 4.63. The van der Waals surface area contributed by atoms with Gasteiger partial charge in [0.2, 0.25) is 5.91 Å². The van der Waals surface area contributed by atoms with Gasteiger partial charge < -0.3 is 9.80 Å². The lowest BCUT2D eigenvalue weighted by molar-refractivity contribution is -0.131. The normalized spacial score (nSPS) is 22.0. The van der Waals surface area contributed by atoms with Crippen LogP contribution in [-0.4, -0.2) is 45.9 Å². The summed E-state index contributed by atoms with van der Waals surface area (Å²) in [5, 5.41) is 0. The summed E-state index contributed by atoms with van der Waals surface area (Å²) in [6, 6.07) is 10.1. The lowest BCUT2D eigenvalue weighted by Crippen LogP contribution is -2.55. The predicted octanol–water partition coefficient (Wildman–Crippen LogP) is 3.02. The maximum absolute atomic E-state index is 12.8. The van der Waals surface area contributed by atoms with Crippen molar-refractivity contribution in [2.45, 2.75) is 30.7 Å². The van der Waals surface area contributed by atoms with Gasteiger partial charge in [-0.05, 0) is 42.7 Å². The second-order valence-electron chi connectivity index (χ2n) is 7.11. The summed E-state index contributed by atoms with van der Waals surface area (Å²) in [5.74, 6) is 1.46. The van der Waals surface area contributed by atoms with Crippen molar-refractivity contribution in [1.82, 2.24) is 14.9 Å². The van der Waals surface area contributed by atoms with Crippen molar-refractivity contribution in [2.75, 3.05) is 24.5 Å². The number of carbonyl (C=O) groups excluding carboxylic acids is 1. The molecule has 0 saturated carbocycles. The van der Waals surface area contributed by atoms with Crippen LogP contribution in [0.25, 0.3) is 0 Å². The molecule has 5 heteroatoms. The highest BCUT2D eigenvalue weighted by atomic mass is 16.2. The van der Waals surface area contributed by atoms with Crippen LogP contribution < -0.4 is 4.90 Å². The first-order chi connectivity index (χ1) is 12.7. The van der Waals surface area contributed by atoms with Gasteiger partial charge in [0.05, 0.1) is 5.54 Å². The van der Waals surface area contributed by atoms with E-state index in [1.54, 1.807) is 0 Å². The topological polar surface area (TPSA) is 49.3 Å². The second-order valence-corrected chi connectivity index (χ2v) is 7.11. The number of hydrogen-bond donors (Lipinski definition) is 0. The van der Waals surface area contributed by atoms with Gasteiger partial charge in [0, 0.05) is 50.6 Å². The number of anilines is 1. The average molecular weight is 348 g/mol. The van der Waals surface area contributed by atoms with Crippen LogP contribution in [0.15, 0.2) is 61.6 Å². The van der Waals surface area contributed by atoms with Crippen molar-refractivity contribution in [1.29, 1.82) is 0 Å². The summed E-state index contributed by atoms with van der Waals surface area (Å²) in [6.07, 6.45) is 9.79. The number of amides is 1. The molecule has 4 rings (SSSR count). The Bertz CT molecular complexity index is 769. The first-order valence-corrected chi connectivity index (χ1v) is 9.22. The van der Waals surface area contributed by atoms with Crippen LogP contribution in [0.3, 0.4) is 0 Å². The van der Waals surface area contributed by atoms with Gasteiger partial charge >= 0.3 is 0 Å². The second kappa shape index (κ2) is 6.90. The van der Waals surface area contributed by atoms with E-state index in [0.717, 1.165) is 31.7 Å². The minimum Gasteiger partial charge on any atom is -0.356 e. The lowest BCUT2D eigenvalue weighted by Gasteiger charge is -2.48. The number of pyridine rings is 2. The SMILES string of the molecule is C=CCN1C(=O)C[C@@H](c2ccncc2)C12CCN(c1ccccn1)CC2. The molecule has 0 radical (unpaired) electrons. The van der Waals surface area contributed by atoms with Gasteiger partial charge in [0.25, 0.3) is 0 Å². The largest absolute Gasteiger partial charge is 0.356 e. The summed E-state index contributed by atoms with van der Waals surface area (Å²) in [6.45, 7) is 6.29. The number of piperidine rings is 1.